The van der Waals surface area contributed by atoms with Crippen molar-refractivity contribution in [3.05, 3.63) is 23.0 Å². The Kier molecular flexibility index (Phi) is 4.62. The van der Waals surface area contributed by atoms with Crippen molar-refractivity contribution >= 4 is 28.2 Å². The van der Waals surface area contributed by atoms with E-state index in [1.807, 2.05) is 29.8 Å². The maximum absolute atomic E-state index is 12.4. The number of aryl methyl sites for hydroxylation is 1. The van der Waals surface area contributed by atoms with Crippen LogP contribution < -0.4 is 0 Å². The second-order valence-electron chi connectivity index (χ2n) is 5.11. The van der Waals surface area contributed by atoms with Gasteiger partial charge in [-0.05, 0) is 13.8 Å². The number of carboxylic acid groups (broad SMARTS) is 1. The number of amides is 1. The van der Waals surface area contributed by atoms with Crippen LogP contribution in [0.25, 0.3) is 4.96 Å². The number of hydrogen-bond acceptors (Lipinski definition) is 4. The van der Waals surface area contributed by atoms with Crippen molar-refractivity contribution < 1.29 is 14.7 Å². The number of hydrogen-bond donors (Lipinski definition) is 1. The van der Waals surface area contributed by atoms with Crippen LogP contribution in [-0.2, 0) is 16.0 Å². The fourth-order valence-corrected chi connectivity index (χ4v) is 3.07. The van der Waals surface area contributed by atoms with Gasteiger partial charge in [0.25, 0.3) is 0 Å². The van der Waals surface area contributed by atoms with E-state index in [4.69, 9.17) is 5.11 Å². The third-order valence-corrected chi connectivity index (χ3v) is 4.28. The lowest BCUT2D eigenvalue weighted by atomic mass is 10.1. The van der Waals surface area contributed by atoms with Crippen LogP contribution in [-0.4, -0.2) is 44.4 Å². The van der Waals surface area contributed by atoms with Crippen molar-refractivity contribution in [1.82, 2.24) is 14.3 Å². The summed E-state index contributed by atoms with van der Waals surface area (Å²) in [5.41, 5.74) is 1.81. The topological polar surface area (TPSA) is 74.9 Å². The Balaban J connectivity index is 2.10. The van der Waals surface area contributed by atoms with E-state index in [-0.39, 0.29) is 18.9 Å². The first kappa shape index (κ1) is 15.5. The van der Waals surface area contributed by atoms with E-state index in [0.717, 1.165) is 16.3 Å². The van der Waals surface area contributed by atoms with Gasteiger partial charge >= 0.3 is 5.97 Å². The highest BCUT2D eigenvalue weighted by Crippen LogP contribution is 2.17. The number of fused-ring (bicyclic) bond motifs is 1. The lowest BCUT2D eigenvalue weighted by Gasteiger charge is -2.22. The lowest BCUT2D eigenvalue weighted by Crippen LogP contribution is -2.37. The van der Waals surface area contributed by atoms with Gasteiger partial charge in [0.15, 0.2) is 4.96 Å². The molecule has 1 amide bonds. The Labute approximate surface area is 127 Å². The third kappa shape index (κ3) is 3.41. The molecule has 2 heterocycles. The van der Waals surface area contributed by atoms with Crippen LogP contribution in [0.4, 0.5) is 0 Å². The fraction of sp³-hybridized carbons (Fsp3) is 0.500. The molecule has 2 rings (SSSR count). The summed E-state index contributed by atoms with van der Waals surface area (Å²) in [6.45, 7) is 6.13. The monoisotopic (exact) mass is 309 g/mol. The highest BCUT2D eigenvalue weighted by molar-refractivity contribution is 7.15. The van der Waals surface area contributed by atoms with Crippen molar-refractivity contribution in [2.24, 2.45) is 5.92 Å². The minimum Gasteiger partial charge on any atom is -0.481 e. The van der Waals surface area contributed by atoms with E-state index in [1.165, 1.54) is 11.3 Å². The molecule has 0 saturated heterocycles. The normalized spacial score (nSPS) is 12.5. The van der Waals surface area contributed by atoms with Gasteiger partial charge in [0.05, 0.1) is 18.0 Å². The molecule has 1 unspecified atom stereocenters. The highest BCUT2D eigenvalue weighted by Gasteiger charge is 2.20. The predicted octanol–water partition coefficient (Wildman–Crippen LogP) is 1.82. The van der Waals surface area contributed by atoms with Crippen molar-refractivity contribution in [2.45, 2.75) is 27.2 Å². The molecule has 2 aromatic rings. The van der Waals surface area contributed by atoms with Gasteiger partial charge in [-0.15, -0.1) is 11.3 Å². The number of carbonyl (C=O) groups is 2. The summed E-state index contributed by atoms with van der Waals surface area (Å²) >= 11 is 1.50. The molecule has 0 fully saturated rings. The number of imidazole rings is 1. The summed E-state index contributed by atoms with van der Waals surface area (Å²) in [5, 5.41) is 10.9. The molecule has 1 N–H and O–H groups in total. The Bertz CT molecular complexity index is 662. The molecule has 6 nitrogen and oxygen atoms in total. The summed E-state index contributed by atoms with van der Waals surface area (Å²) < 4.78 is 1.92. The van der Waals surface area contributed by atoms with Crippen LogP contribution >= 0.6 is 11.3 Å². The average molecular weight is 309 g/mol. The first-order chi connectivity index (χ1) is 9.92. The van der Waals surface area contributed by atoms with E-state index in [0.29, 0.717) is 6.54 Å². The van der Waals surface area contributed by atoms with Crippen LogP contribution in [0.5, 0.6) is 0 Å². The van der Waals surface area contributed by atoms with Gasteiger partial charge in [0, 0.05) is 30.4 Å². The SMILES string of the molecule is CCN(CC(C)C(=O)O)C(=O)Cc1csc2nc(C)cn12. The zero-order chi connectivity index (χ0) is 15.6. The van der Waals surface area contributed by atoms with Crippen molar-refractivity contribution in [3.63, 3.8) is 0 Å². The van der Waals surface area contributed by atoms with Gasteiger partial charge in [-0.1, -0.05) is 6.92 Å². The number of carboxylic acids is 1. The lowest BCUT2D eigenvalue weighted by molar-refractivity contribution is -0.142. The van der Waals surface area contributed by atoms with Crippen molar-refractivity contribution in [2.75, 3.05) is 13.1 Å². The standard InChI is InChI=1S/C14H19N3O3S/c1-4-16(6-9(2)13(19)20)12(18)5-11-8-21-14-15-10(3)7-17(11)14/h7-9H,4-6H2,1-3H3,(H,19,20). The van der Waals surface area contributed by atoms with Crippen molar-refractivity contribution in [3.8, 4) is 0 Å². The summed E-state index contributed by atoms with van der Waals surface area (Å²) in [7, 11) is 0. The molecule has 0 radical (unpaired) electrons. The largest absolute Gasteiger partial charge is 0.481 e. The van der Waals surface area contributed by atoms with Gasteiger partial charge in [0.2, 0.25) is 5.91 Å². The van der Waals surface area contributed by atoms with E-state index in [9.17, 15) is 9.59 Å². The van der Waals surface area contributed by atoms with Crippen LogP contribution in [0.15, 0.2) is 11.6 Å². The molecule has 114 valence electrons. The fourth-order valence-electron chi connectivity index (χ4n) is 2.15. The number of likely N-dealkylation sites (N-methyl/N-ethyl adjacent to an activating group) is 1. The van der Waals surface area contributed by atoms with Crippen LogP contribution in [0.1, 0.15) is 25.2 Å². The van der Waals surface area contributed by atoms with Crippen LogP contribution in [0, 0.1) is 12.8 Å². The molecule has 2 aromatic heterocycles. The number of thiazole rings is 1. The summed E-state index contributed by atoms with van der Waals surface area (Å²) in [6, 6.07) is 0. The van der Waals surface area contributed by atoms with Gasteiger partial charge in [-0.25, -0.2) is 4.98 Å². The second kappa shape index (κ2) is 6.26. The molecule has 0 spiro atoms. The molecule has 0 saturated carbocycles. The Hall–Kier alpha value is -1.89. The summed E-state index contributed by atoms with van der Waals surface area (Å²) in [4.78, 5) is 30.1. The number of carbonyl (C=O) groups excluding carboxylic acids is 1. The third-order valence-electron chi connectivity index (χ3n) is 3.39. The Morgan fingerprint density at radius 3 is 2.86 bits per heavy atom. The highest BCUT2D eigenvalue weighted by atomic mass is 32.1. The van der Waals surface area contributed by atoms with E-state index >= 15 is 0 Å². The number of nitrogens with zero attached hydrogens (tertiary/aromatic N) is 3. The Morgan fingerprint density at radius 1 is 1.52 bits per heavy atom. The molecule has 0 aliphatic heterocycles. The molecular weight excluding hydrogens is 290 g/mol. The maximum Gasteiger partial charge on any atom is 0.308 e. The molecular formula is C14H19N3O3S. The summed E-state index contributed by atoms with van der Waals surface area (Å²) in [5.74, 6) is -1.51. The predicted molar refractivity (Wildman–Crippen MR) is 80.6 cm³/mol. The molecule has 0 bridgehead atoms. The van der Waals surface area contributed by atoms with Gasteiger partial charge in [0.1, 0.15) is 0 Å². The average Bonchev–Trinajstić information content (AvgIpc) is 2.96. The molecule has 21 heavy (non-hydrogen) atoms. The second-order valence-corrected chi connectivity index (χ2v) is 5.95. The minimum atomic E-state index is -0.885. The number of aliphatic carboxylic acids is 1. The molecule has 1 atom stereocenters. The van der Waals surface area contributed by atoms with E-state index in [1.54, 1.807) is 11.8 Å². The van der Waals surface area contributed by atoms with E-state index < -0.39 is 11.9 Å². The Morgan fingerprint density at radius 2 is 2.24 bits per heavy atom. The molecule has 7 heteroatoms. The molecule has 0 aromatic carbocycles. The van der Waals surface area contributed by atoms with Crippen LogP contribution in [0.2, 0.25) is 0 Å². The van der Waals surface area contributed by atoms with E-state index in [2.05, 4.69) is 4.98 Å². The first-order valence-electron chi connectivity index (χ1n) is 6.85. The zero-order valence-corrected chi connectivity index (χ0v) is 13.2. The maximum atomic E-state index is 12.4. The van der Waals surface area contributed by atoms with Crippen molar-refractivity contribution in [1.29, 1.82) is 0 Å². The van der Waals surface area contributed by atoms with Gasteiger partial charge in [-0.3, -0.25) is 14.0 Å². The smallest absolute Gasteiger partial charge is 0.308 e. The van der Waals surface area contributed by atoms with Gasteiger partial charge in [-0.2, -0.15) is 0 Å². The van der Waals surface area contributed by atoms with Gasteiger partial charge < -0.3 is 10.0 Å². The van der Waals surface area contributed by atoms with Crippen LogP contribution in [0.3, 0.4) is 0 Å². The molecule has 0 aliphatic rings. The first-order valence-corrected chi connectivity index (χ1v) is 7.73. The number of rotatable bonds is 6. The minimum absolute atomic E-state index is 0.0587. The molecule has 0 aliphatic carbocycles. The zero-order valence-electron chi connectivity index (χ0n) is 12.4. The summed E-state index contributed by atoms with van der Waals surface area (Å²) in [6.07, 6.45) is 2.17. The number of aromatic nitrogens is 2. The quantitative estimate of drug-likeness (QED) is 0.883.